The maximum absolute atomic E-state index is 12.5. The van der Waals surface area contributed by atoms with Crippen LogP contribution in [0.5, 0.6) is 0 Å². The smallest absolute Gasteiger partial charge is 0.257 e. The second kappa shape index (κ2) is 6.02. The van der Waals surface area contributed by atoms with E-state index in [1.807, 2.05) is 19.9 Å². The van der Waals surface area contributed by atoms with Gasteiger partial charge in [-0.15, -0.1) is 0 Å². The molecule has 1 saturated heterocycles. The summed E-state index contributed by atoms with van der Waals surface area (Å²) in [5, 5.41) is 12.9. The summed E-state index contributed by atoms with van der Waals surface area (Å²) in [7, 11) is 0. The van der Waals surface area contributed by atoms with Crippen LogP contribution in [0.4, 0.5) is 5.69 Å². The Morgan fingerprint density at radius 3 is 3.11 bits per heavy atom. The molecule has 0 aromatic carbocycles. The summed E-state index contributed by atoms with van der Waals surface area (Å²) < 4.78 is 0. The fourth-order valence-corrected chi connectivity index (χ4v) is 2.38. The van der Waals surface area contributed by atoms with Crippen LogP contribution in [-0.2, 0) is 0 Å². The minimum Gasteiger partial charge on any atom is -0.391 e. The lowest BCUT2D eigenvalue weighted by Crippen LogP contribution is -2.42. The number of amides is 1. The van der Waals surface area contributed by atoms with Crippen LogP contribution in [0.25, 0.3) is 0 Å². The molecule has 5 heteroatoms. The van der Waals surface area contributed by atoms with Crippen molar-refractivity contribution in [2.45, 2.75) is 32.8 Å². The highest BCUT2D eigenvalue weighted by Gasteiger charge is 2.24. The Kier molecular flexibility index (Phi) is 4.37. The van der Waals surface area contributed by atoms with Crippen molar-refractivity contribution in [3.05, 3.63) is 23.5 Å². The lowest BCUT2D eigenvalue weighted by atomic mass is 10.1. The number of aryl methyl sites for hydroxylation is 1. The first-order valence-corrected chi connectivity index (χ1v) is 6.79. The van der Waals surface area contributed by atoms with E-state index in [1.165, 1.54) is 0 Å². The average molecular weight is 263 g/mol. The number of anilines is 1. The van der Waals surface area contributed by atoms with E-state index in [9.17, 15) is 9.90 Å². The third-order valence-electron chi connectivity index (χ3n) is 3.32. The summed E-state index contributed by atoms with van der Waals surface area (Å²) in [4.78, 5) is 18.4. The van der Waals surface area contributed by atoms with Gasteiger partial charge in [-0.3, -0.25) is 9.78 Å². The van der Waals surface area contributed by atoms with Crippen LogP contribution in [0.3, 0.4) is 0 Å². The number of nitrogens with one attached hydrogen (secondary N) is 1. The largest absolute Gasteiger partial charge is 0.391 e. The molecule has 1 fully saturated rings. The molecule has 1 unspecified atom stereocenters. The number of carbonyl (C=O) groups excluding carboxylic acids is 1. The van der Waals surface area contributed by atoms with Crippen LogP contribution in [0, 0.1) is 6.92 Å². The number of aliphatic hydroxyl groups excluding tert-OH is 1. The molecule has 2 N–H and O–H groups in total. The second-order valence-electron chi connectivity index (χ2n) is 4.95. The summed E-state index contributed by atoms with van der Waals surface area (Å²) in [6.45, 7) is 5.77. The highest BCUT2D eigenvalue weighted by Crippen LogP contribution is 2.20. The zero-order chi connectivity index (χ0) is 13.8. The Hall–Kier alpha value is -1.62. The number of carbonyl (C=O) groups is 1. The van der Waals surface area contributed by atoms with Gasteiger partial charge in [0.15, 0.2) is 0 Å². The third kappa shape index (κ3) is 3.23. The van der Waals surface area contributed by atoms with Gasteiger partial charge in [0.1, 0.15) is 0 Å². The molecule has 5 nitrogen and oxygen atoms in total. The number of pyridine rings is 1. The van der Waals surface area contributed by atoms with Gasteiger partial charge in [-0.1, -0.05) is 0 Å². The molecular formula is C14H21N3O2. The number of β-amino-alcohol motifs (C(OH)–C–C–N with tert-alkyl or cyclic N) is 1. The van der Waals surface area contributed by atoms with Gasteiger partial charge in [0.05, 0.1) is 17.4 Å². The minimum absolute atomic E-state index is 0.0535. The first-order valence-electron chi connectivity index (χ1n) is 6.79. The Morgan fingerprint density at radius 1 is 1.63 bits per heavy atom. The minimum atomic E-state index is -0.404. The van der Waals surface area contributed by atoms with E-state index in [0.29, 0.717) is 18.7 Å². The number of aromatic nitrogens is 1. The average Bonchev–Trinajstić information content (AvgIpc) is 2.39. The van der Waals surface area contributed by atoms with Crippen molar-refractivity contribution >= 4 is 11.6 Å². The summed E-state index contributed by atoms with van der Waals surface area (Å²) in [6, 6.07) is 1.89. The van der Waals surface area contributed by atoms with E-state index in [-0.39, 0.29) is 5.91 Å². The van der Waals surface area contributed by atoms with E-state index in [1.54, 1.807) is 11.1 Å². The van der Waals surface area contributed by atoms with Gasteiger partial charge < -0.3 is 15.3 Å². The summed E-state index contributed by atoms with van der Waals surface area (Å²) in [6.07, 6.45) is 2.84. The van der Waals surface area contributed by atoms with Crippen molar-refractivity contribution in [1.82, 2.24) is 9.88 Å². The van der Waals surface area contributed by atoms with Crippen LogP contribution in [0.15, 0.2) is 12.3 Å². The maximum Gasteiger partial charge on any atom is 0.257 e. The molecule has 2 heterocycles. The van der Waals surface area contributed by atoms with Crippen LogP contribution < -0.4 is 5.32 Å². The monoisotopic (exact) mass is 263 g/mol. The van der Waals surface area contributed by atoms with Crippen molar-refractivity contribution < 1.29 is 9.90 Å². The summed E-state index contributed by atoms with van der Waals surface area (Å²) >= 11 is 0. The van der Waals surface area contributed by atoms with E-state index >= 15 is 0 Å². The number of likely N-dealkylation sites (tertiary alicyclic amines) is 1. The molecule has 1 aromatic heterocycles. The molecule has 1 aromatic rings. The fourth-order valence-electron chi connectivity index (χ4n) is 2.38. The lowest BCUT2D eigenvalue weighted by molar-refractivity contribution is 0.0474. The van der Waals surface area contributed by atoms with Crippen LogP contribution in [0.2, 0.25) is 0 Å². The lowest BCUT2D eigenvalue weighted by Gasteiger charge is -2.30. The molecule has 0 aliphatic carbocycles. The quantitative estimate of drug-likeness (QED) is 0.865. The number of piperidine rings is 1. The van der Waals surface area contributed by atoms with Crippen molar-refractivity contribution in [1.29, 1.82) is 0 Å². The van der Waals surface area contributed by atoms with E-state index in [2.05, 4.69) is 10.3 Å². The highest BCUT2D eigenvalue weighted by atomic mass is 16.3. The van der Waals surface area contributed by atoms with Crippen LogP contribution >= 0.6 is 0 Å². The Bertz CT molecular complexity index is 462. The Labute approximate surface area is 113 Å². The molecule has 0 bridgehead atoms. The van der Waals surface area contributed by atoms with Crippen LogP contribution in [-0.4, -0.2) is 46.6 Å². The molecule has 0 saturated carbocycles. The van der Waals surface area contributed by atoms with E-state index in [4.69, 9.17) is 0 Å². The molecule has 1 atom stereocenters. The maximum atomic E-state index is 12.5. The first kappa shape index (κ1) is 13.8. The molecule has 1 aliphatic heterocycles. The standard InChI is InChI=1S/C14H21N3O2/c1-3-15-13-7-10(2)16-8-12(13)14(19)17-6-4-5-11(18)9-17/h7-8,11,18H,3-6,9H2,1-2H3,(H,15,16). The molecule has 19 heavy (non-hydrogen) atoms. The van der Waals surface area contributed by atoms with E-state index in [0.717, 1.165) is 30.8 Å². The Morgan fingerprint density at radius 2 is 2.42 bits per heavy atom. The molecule has 0 radical (unpaired) electrons. The van der Waals surface area contributed by atoms with E-state index < -0.39 is 6.10 Å². The number of hydrogen-bond donors (Lipinski definition) is 2. The highest BCUT2D eigenvalue weighted by molar-refractivity contribution is 5.99. The van der Waals surface area contributed by atoms with Gasteiger partial charge in [-0.2, -0.15) is 0 Å². The fraction of sp³-hybridized carbons (Fsp3) is 0.571. The number of hydrogen-bond acceptors (Lipinski definition) is 4. The van der Waals surface area contributed by atoms with Gasteiger partial charge in [-0.05, 0) is 32.8 Å². The number of nitrogens with zero attached hydrogens (tertiary/aromatic N) is 2. The van der Waals surface area contributed by atoms with Gasteiger partial charge in [0.2, 0.25) is 0 Å². The Balaban J connectivity index is 2.22. The van der Waals surface area contributed by atoms with Gasteiger partial charge in [0, 0.05) is 31.5 Å². The topological polar surface area (TPSA) is 65.5 Å². The zero-order valence-electron chi connectivity index (χ0n) is 11.5. The molecule has 104 valence electrons. The van der Waals surface area contributed by atoms with Gasteiger partial charge >= 0.3 is 0 Å². The number of aliphatic hydroxyl groups is 1. The van der Waals surface area contributed by atoms with Gasteiger partial charge in [-0.25, -0.2) is 0 Å². The molecule has 2 rings (SSSR count). The van der Waals surface area contributed by atoms with Crippen molar-refractivity contribution in [2.75, 3.05) is 25.0 Å². The summed E-state index contributed by atoms with van der Waals surface area (Å²) in [5.41, 5.74) is 2.28. The molecule has 1 aliphatic rings. The van der Waals surface area contributed by atoms with Crippen LogP contribution in [0.1, 0.15) is 35.8 Å². The predicted molar refractivity (Wildman–Crippen MR) is 74.3 cm³/mol. The van der Waals surface area contributed by atoms with Gasteiger partial charge in [0.25, 0.3) is 5.91 Å². The third-order valence-corrected chi connectivity index (χ3v) is 3.32. The molecule has 1 amide bonds. The molecule has 0 spiro atoms. The van der Waals surface area contributed by atoms with Crippen molar-refractivity contribution in [2.24, 2.45) is 0 Å². The predicted octanol–water partition coefficient (Wildman–Crippen LogP) is 1.42. The second-order valence-corrected chi connectivity index (χ2v) is 4.95. The summed E-state index contributed by atoms with van der Waals surface area (Å²) in [5.74, 6) is -0.0535. The van der Waals surface area contributed by atoms with Crippen molar-refractivity contribution in [3.8, 4) is 0 Å². The molecular weight excluding hydrogens is 242 g/mol. The van der Waals surface area contributed by atoms with Crippen molar-refractivity contribution in [3.63, 3.8) is 0 Å². The normalized spacial score (nSPS) is 19.3. The zero-order valence-corrected chi connectivity index (χ0v) is 11.5. The number of rotatable bonds is 3. The first-order chi connectivity index (χ1) is 9.11. The SMILES string of the molecule is CCNc1cc(C)ncc1C(=O)N1CCCC(O)C1.